The number of anilines is 1. The van der Waals surface area contributed by atoms with E-state index in [-0.39, 0.29) is 10.1 Å². The Labute approximate surface area is 123 Å². The van der Waals surface area contributed by atoms with E-state index in [1.165, 1.54) is 0 Å². The van der Waals surface area contributed by atoms with Crippen molar-refractivity contribution in [2.45, 2.75) is 23.9 Å². The van der Waals surface area contributed by atoms with Crippen molar-refractivity contribution < 1.29 is 8.42 Å². The number of nitrogens with zero attached hydrogens (tertiary/aromatic N) is 3. The van der Waals surface area contributed by atoms with E-state index in [2.05, 4.69) is 10.2 Å². The number of hydrogen-bond donors (Lipinski definition) is 0. The van der Waals surface area contributed by atoms with E-state index in [1.54, 1.807) is 4.90 Å². The third-order valence-electron chi connectivity index (χ3n) is 2.89. The Kier molecular flexibility index (Phi) is 4.10. The summed E-state index contributed by atoms with van der Waals surface area (Å²) in [5.74, 6) is -0.0391. The Morgan fingerprint density at radius 2 is 1.90 bits per heavy atom. The quantitative estimate of drug-likeness (QED) is 0.866. The number of benzene rings is 1. The summed E-state index contributed by atoms with van der Waals surface area (Å²) in [6.07, 6.45) is 0. The molecule has 5 nitrogen and oxygen atoms in total. The lowest BCUT2D eigenvalue weighted by Crippen LogP contribution is -2.07. The second-order valence-electron chi connectivity index (χ2n) is 4.93. The molecular weight excluding hydrogens is 294 g/mol. The molecule has 108 valence electrons. The van der Waals surface area contributed by atoms with E-state index < -0.39 is 9.84 Å². The monoisotopic (exact) mass is 311 g/mol. The van der Waals surface area contributed by atoms with Crippen LogP contribution in [-0.4, -0.2) is 32.7 Å². The van der Waals surface area contributed by atoms with Gasteiger partial charge in [0.1, 0.15) is 0 Å². The predicted molar refractivity (Wildman–Crippen MR) is 81.0 cm³/mol. The fourth-order valence-corrected chi connectivity index (χ4v) is 4.15. The van der Waals surface area contributed by atoms with Crippen molar-refractivity contribution in [2.24, 2.45) is 0 Å². The first kappa shape index (κ1) is 14.9. The minimum Gasteiger partial charge on any atom is -0.353 e. The van der Waals surface area contributed by atoms with Gasteiger partial charge in [-0.2, -0.15) is 0 Å². The lowest BCUT2D eigenvalue weighted by Gasteiger charge is -2.06. The summed E-state index contributed by atoms with van der Waals surface area (Å²) < 4.78 is 24.9. The predicted octanol–water partition coefficient (Wildman–Crippen LogP) is 2.19. The van der Waals surface area contributed by atoms with Crippen molar-refractivity contribution in [3.8, 4) is 0 Å². The van der Waals surface area contributed by atoms with Crippen molar-refractivity contribution in [1.82, 2.24) is 10.2 Å². The molecule has 0 saturated carbocycles. The average Bonchev–Trinajstić information content (AvgIpc) is 2.84. The van der Waals surface area contributed by atoms with E-state index in [0.717, 1.165) is 28.0 Å². The van der Waals surface area contributed by atoms with Crippen LogP contribution in [0, 0.1) is 13.8 Å². The smallest absolute Gasteiger partial charge is 0.234 e. The molecule has 0 N–H and O–H groups in total. The summed E-state index contributed by atoms with van der Waals surface area (Å²) >= 11 is 1.09. The zero-order valence-electron chi connectivity index (χ0n) is 11.9. The molecule has 0 atom stereocenters. The fourth-order valence-electron chi connectivity index (χ4n) is 1.73. The molecule has 1 heterocycles. The molecule has 0 bridgehead atoms. The van der Waals surface area contributed by atoms with Gasteiger partial charge in [0.2, 0.25) is 19.3 Å². The van der Waals surface area contributed by atoms with Gasteiger partial charge < -0.3 is 4.90 Å². The minimum atomic E-state index is -3.45. The molecule has 0 unspecified atom stereocenters. The lowest BCUT2D eigenvalue weighted by molar-refractivity contribution is 0.593. The van der Waals surface area contributed by atoms with Crippen LogP contribution in [0.4, 0.5) is 5.13 Å². The highest BCUT2D eigenvalue weighted by atomic mass is 32.2. The van der Waals surface area contributed by atoms with Gasteiger partial charge in [-0.3, -0.25) is 0 Å². The molecule has 0 saturated heterocycles. The van der Waals surface area contributed by atoms with Gasteiger partial charge >= 0.3 is 0 Å². The van der Waals surface area contributed by atoms with Gasteiger partial charge in [-0.15, -0.1) is 10.2 Å². The zero-order chi connectivity index (χ0) is 14.9. The summed E-state index contributed by atoms with van der Waals surface area (Å²) in [4.78, 5) is 1.74. The maximum atomic E-state index is 12.4. The highest BCUT2D eigenvalue weighted by Crippen LogP contribution is 2.25. The molecule has 0 amide bonds. The SMILES string of the molecule is Cc1ccc(C)c(CS(=O)(=O)c2nnc(N(C)C)s2)c1. The highest BCUT2D eigenvalue weighted by Gasteiger charge is 2.22. The molecule has 0 aliphatic rings. The van der Waals surface area contributed by atoms with Crippen LogP contribution < -0.4 is 4.90 Å². The summed E-state index contributed by atoms with van der Waals surface area (Å²) in [6.45, 7) is 3.86. The van der Waals surface area contributed by atoms with E-state index in [4.69, 9.17) is 0 Å². The van der Waals surface area contributed by atoms with Crippen molar-refractivity contribution >= 4 is 26.3 Å². The van der Waals surface area contributed by atoms with Crippen LogP contribution in [0.15, 0.2) is 22.5 Å². The molecule has 7 heteroatoms. The first-order chi connectivity index (χ1) is 9.29. The first-order valence-electron chi connectivity index (χ1n) is 6.09. The van der Waals surface area contributed by atoms with E-state index >= 15 is 0 Å². The van der Waals surface area contributed by atoms with E-state index in [9.17, 15) is 8.42 Å². The topological polar surface area (TPSA) is 63.2 Å². The van der Waals surface area contributed by atoms with Gasteiger partial charge in [0.25, 0.3) is 0 Å². The maximum Gasteiger partial charge on any atom is 0.234 e. The molecule has 2 rings (SSSR count). The number of rotatable bonds is 4. The lowest BCUT2D eigenvalue weighted by atomic mass is 10.1. The van der Waals surface area contributed by atoms with Crippen molar-refractivity contribution in [2.75, 3.05) is 19.0 Å². The minimum absolute atomic E-state index is 0.0391. The number of aryl methyl sites for hydroxylation is 2. The third-order valence-corrected chi connectivity index (χ3v) is 6.10. The Hall–Kier alpha value is -1.47. The number of aromatic nitrogens is 2. The second-order valence-corrected chi connectivity index (χ2v) is 8.05. The largest absolute Gasteiger partial charge is 0.353 e. The molecule has 0 radical (unpaired) electrons. The van der Waals surface area contributed by atoms with Crippen LogP contribution >= 0.6 is 11.3 Å². The Morgan fingerprint density at radius 3 is 2.50 bits per heavy atom. The van der Waals surface area contributed by atoms with Gasteiger partial charge in [0.15, 0.2) is 0 Å². The van der Waals surface area contributed by atoms with Gasteiger partial charge in [-0.05, 0) is 25.0 Å². The van der Waals surface area contributed by atoms with Gasteiger partial charge in [-0.25, -0.2) is 8.42 Å². The van der Waals surface area contributed by atoms with Gasteiger partial charge in [0, 0.05) is 14.1 Å². The van der Waals surface area contributed by atoms with Crippen LogP contribution in [-0.2, 0) is 15.6 Å². The normalized spacial score (nSPS) is 11.6. The van der Waals surface area contributed by atoms with Crippen LogP contribution in [0.2, 0.25) is 0 Å². The first-order valence-corrected chi connectivity index (χ1v) is 8.56. The molecular formula is C13H17N3O2S2. The Balaban J connectivity index is 2.33. The summed E-state index contributed by atoms with van der Waals surface area (Å²) in [5, 5.41) is 8.26. The second kappa shape index (κ2) is 5.49. The van der Waals surface area contributed by atoms with Gasteiger partial charge in [-0.1, -0.05) is 35.1 Å². The van der Waals surface area contributed by atoms with E-state index in [0.29, 0.717) is 5.13 Å². The molecule has 1 aromatic heterocycles. The van der Waals surface area contributed by atoms with Crippen LogP contribution in [0.5, 0.6) is 0 Å². The van der Waals surface area contributed by atoms with Crippen LogP contribution in [0.1, 0.15) is 16.7 Å². The molecule has 0 fully saturated rings. The zero-order valence-corrected chi connectivity index (χ0v) is 13.5. The molecule has 20 heavy (non-hydrogen) atoms. The van der Waals surface area contributed by atoms with E-state index in [1.807, 2.05) is 46.1 Å². The van der Waals surface area contributed by atoms with Crippen molar-refractivity contribution in [3.05, 3.63) is 34.9 Å². The average molecular weight is 311 g/mol. The summed E-state index contributed by atoms with van der Waals surface area (Å²) in [6, 6.07) is 5.81. The summed E-state index contributed by atoms with van der Waals surface area (Å²) in [5.41, 5.74) is 2.83. The third kappa shape index (κ3) is 3.16. The molecule has 0 aliphatic heterocycles. The fraction of sp³-hybridized carbons (Fsp3) is 0.385. The summed E-state index contributed by atoms with van der Waals surface area (Å²) in [7, 11) is 0.167. The van der Waals surface area contributed by atoms with Crippen molar-refractivity contribution in [3.63, 3.8) is 0 Å². The highest BCUT2D eigenvalue weighted by molar-refractivity contribution is 7.92. The Morgan fingerprint density at radius 1 is 1.20 bits per heavy atom. The Bertz CT molecular complexity index is 721. The number of hydrogen-bond acceptors (Lipinski definition) is 6. The van der Waals surface area contributed by atoms with Crippen LogP contribution in [0.3, 0.4) is 0 Å². The molecule has 0 spiro atoms. The maximum absolute atomic E-state index is 12.4. The molecule has 2 aromatic rings. The molecule has 0 aliphatic carbocycles. The number of sulfone groups is 1. The van der Waals surface area contributed by atoms with Gasteiger partial charge in [0.05, 0.1) is 5.75 Å². The standard InChI is InChI=1S/C13H17N3O2S2/c1-9-5-6-10(2)11(7-9)8-20(17,18)13-15-14-12(19-13)16(3)4/h5-7H,8H2,1-4H3. The molecule has 1 aromatic carbocycles. The van der Waals surface area contributed by atoms with Crippen LogP contribution in [0.25, 0.3) is 0 Å². The van der Waals surface area contributed by atoms with Crippen molar-refractivity contribution in [1.29, 1.82) is 0 Å².